The Hall–Kier alpha value is -4.31. The largest absolute Gasteiger partial charge is 0.388 e. The first-order valence-electron chi connectivity index (χ1n) is 13.2. The molecule has 1 aliphatic carbocycles. The average Bonchev–Trinajstić information content (AvgIpc) is 3.73. The van der Waals surface area contributed by atoms with Crippen LogP contribution in [0.25, 0.3) is 27.8 Å². The summed E-state index contributed by atoms with van der Waals surface area (Å²) in [6.07, 6.45) is 5.72. The molecule has 2 aliphatic rings. The summed E-state index contributed by atoms with van der Waals surface area (Å²) in [6, 6.07) is 15.0. The second kappa shape index (κ2) is 9.77. The molecule has 1 saturated heterocycles. The molecule has 39 heavy (non-hydrogen) atoms. The third-order valence-corrected chi connectivity index (χ3v) is 7.73. The van der Waals surface area contributed by atoms with Gasteiger partial charge in [0.05, 0.1) is 24.0 Å². The van der Waals surface area contributed by atoms with Crippen molar-refractivity contribution in [3.05, 3.63) is 77.0 Å². The molecule has 200 valence electrons. The van der Waals surface area contributed by atoms with Gasteiger partial charge in [0.15, 0.2) is 5.65 Å². The van der Waals surface area contributed by atoms with Crippen molar-refractivity contribution in [2.75, 3.05) is 20.1 Å². The van der Waals surface area contributed by atoms with Crippen molar-refractivity contribution in [1.29, 1.82) is 0 Å². The van der Waals surface area contributed by atoms with E-state index in [1.54, 1.807) is 17.8 Å². The third kappa shape index (κ3) is 4.83. The van der Waals surface area contributed by atoms with Crippen LogP contribution in [-0.2, 0) is 11.3 Å². The van der Waals surface area contributed by atoms with E-state index >= 15 is 0 Å². The van der Waals surface area contributed by atoms with Crippen LogP contribution < -0.4 is 10.9 Å². The van der Waals surface area contributed by atoms with Gasteiger partial charge >= 0.3 is 0 Å². The van der Waals surface area contributed by atoms with Gasteiger partial charge in [-0.2, -0.15) is 5.10 Å². The van der Waals surface area contributed by atoms with Crippen LogP contribution in [-0.4, -0.2) is 66.9 Å². The van der Waals surface area contributed by atoms with Crippen LogP contribution in [0.15, 0.2) is 65.8 Å². The lowest BCUT2D eigenvalue weighted by Crippen LogP contribution is -2.50. The molecule has 10 nitrogen and oxygen atoms in total. The fourth-order valence-corrected chi connectivity index (χ4v) is 5.26. The van der Waals surface area contributed by atoms with Gasteiger partial charge < -0.3 is 15.3 Å². The number of piperidine rings is 1. The molecule has 0 spiro atoms. The molecule has 10 heteroatoms. The van der Waals surface area contributed by atoms with Gasteiger partial charge in [-0.3, -0.25) is 19.0 Å². The maximum atomic E-state index is 13.3. The summed E-state index contributed by atoms with van der Waals surface area (Å²) < 4.78 is 3.05. The highest BCUT2D eigenvalue weighted by atomic mass is 16.3. The van der Waals surface area contributed by atoms with Crippen molar-refractivity contribution < 1.29 is 14.7 Å². The minimum atomic E-state index is -1.08. The lowest BCUT2D eigenvalue weighted by atomic mass is 9.91. The van der Waals surface area contributed by atoms with E-state index in [9.17, 15) is 19.5 Å². The zero-order valence-electron chi connectivity index (χ0n) is 21.7. The van der Waals surface area contributed by atoms with Crippen molar-refractivity contribution in [3.63, 3.8) is 0 Å². The molecular weight excluding hydrogens is 496 g/mol. The zero-order valence-corrected chi connectivity index (χ0v) is 21.7. The second-order valence-electron chi connectivity index (χ2n) is 10.5. The number of amides is 2. The van der Waals surface area contributed by atoms with Gasteiger partial charge in [-0.15, -0.1) is 0 Å². The van der Waals surface area contributed by atoms with Crippen LogP contribution in [0.2, 0.25) is 0 Å². The Morgan fingerprint density at radius 2 is 1.79 bits per heavy atom. The number of likely N-dealkylation sites (tertiary alicyclic amines) is 1. The maximum absolute atomic E-state index is 13.3. The van der Waals surface area contributed by atoms with E-state index in [0.29, 0.717) is 42.5 Å². The number of carbonyl (C=O) groups excluding carboxylic acids is 2. The predicted octanol–water partition coefficient (Wildman–Crippen LogP) is 2.37. The Bertz CT molecular complexity index is 1630. The van der Waals surface area contributed by atoms with Crippen LogP contribution in [0.3, 0.4) is 0 Å². The minimum absolute atomic E-state index is 0.114. The van der Waals surface area contributed by atoms with E-state index in [1.807, 2.05) is 47.4 Å². The number of fused-ring (bicyclic) bond motifs is 1. The van der Waals surface area contributed by atoms with Crippen LogP contribution in [0.1, 0.15) is 36.0 Å². The van der Waals surface area contributed by atoms with E-state index in [1.165, 1.54) is 17.1 Å². The number of hydrogen-bond acceptors (Lipinski definition) is 6. The first-order chi connectivity index (χ1) is 18.8. The average molecular weight is 527 g/mol. The van der Waals surface area contributed by atoms with Crippen molar-refractivity contribution in [3.8, 4) is 16.8 Å². The minimum Gasteiger partial charge on any atom is -0.388 e. The SMILES string of the molecule is CNC(=O)c1cccc(-c2cccc(-n3ncc4c(=O)n(CC5(O)CCN(C(=O)C6CC6)CC5)cnc43)c2)c1. The smallest absolute Gasteiger partial charge is 0.264 e. The number of benzene rings is 2. The third-order valence-electron chi connectivity index (χ3n) is 7.73. The number of aliphatic hydroxyl groups is 1. The molecule has 3 heterocycles. The summed E-state index contributed by atoms with van der Waals surface area (Å²) in [5.41, 5.74) is 2.13. The van der Waals surface area contributed by atoms with Gasteiger partial charge in [-0.05, 0) is 61.1 Å². The number of aromatic nitrogens is 4. The Labute approximate surface area is 224 Å². The molecule has 0 bridgehead atoms. The fraction of sp³-hybridized carbons (Fsp3) is 0.345. The van der Waals surface area contributed by atoms with E-state index in [2.05, 4.69) is 15.4 Å². The van der Waals surface area contributed by atoms with Crippen molar-refractivity contribution in [2.24, 2.45) is 5.92 Å². The molecule has 2 N–H and O–H groups in total. The highest BCUT2D eigenvalue weighted by Gasteiger charge is 2.39. The lowest BCUT2D eigenvalue weighted by molar-refractivity contribution is -0.137. The van der Waals surface area contributed by atoms with E-state index < -0.39 is 5.60 Å². The molecule has 1 saturated carbocycles. The highest BCUT2D eigenvalue weighted by Crippen LogP contribution is 2.33. The number of carbonyl (C=O) groups is 2. The summed E-state index contributed by atoms with van der Waals surface area (Å²) in [5.74, 6) is 0.192. The van der Waals surface area contributed by atoms with Crippen LogP contribution in [0.4, 0.5) is 0 Å². The van der Waals surface area contributed by atoms with Crippen LogP contribution in [0, 0.1) is 5.92 Å². The standard InChI is InChI=1S/C29H30N6O4/c1-30-26(36)22-6-2-4-20(14-22)21-5-3-7-23(15-21)35-25-24(16-32-35)28(38)34(18-31-25)17-29(39)10-12-33(13-11-29)27(37)19-8-9-19/h2-7,14-16,18-19,39H,8-13,17H2,1H3,(H,30,36). The van der Waals surface area contributed by atoms with Crippen molar-refractivity contribution >= 4 is 22.8 Å². The summed E-state index contributed by atoms with van der Waals surface area (Å²) in [5, 5.41) is 18.6. The Morgan fingerprint density at radius 1 is 1.08 bits per heavy atom. The van der Waals surface area contributed by atoms with Gasteiger partial charge in [-0.1, -0.05) is 24.3 Å². The number of hydrogen-bond donors (Lipinski definition) is 2. The van der Waals surface area contributed by atoms with E-state index in [0.717, 1.165) is 29.7 Å². The summed E-state index contributed by atoms with van der Waals surface area (Å²) in [6.45, 7) is 1.11. The summed E-state index contributed by atoms with van der Waals surface area (Å²) in [4.78, 5) is 44.1. The predicted molar refractivity (Wildman–Crippen MR) is 145 cm³/mol. The Kier molecular flexibility index (Phi) is 6.26. The molecule has 4 aromatic rings. The fourth-order valence-electron chi connectivity index (χ4n) is 5.26. The maximum Gasteiger partial charge on any atom is 0.264 e. The van der Waals surface area contributed by atoms with Crippen LogP contribution >= 0.6 is 0 Å². The van der Waals surface area contributed by atoms with Gasteiger partial charge in [0, 0.05) is 31.6 Å². The molecule has 1 aliphatic heterocycles. The first-order valence-corrected chi connectivity index (χ1v) is 13.2. The topological polar surface area (TPSA) is 122 Å². The molecular formula is C29H30N6O4. The molecule has 2 aromatic heterocycles. The molecule has 6 rings (SSSR count). The van der Waals surface area contributed by atoms with Gasteiger partial charge in [0.2, 0.25) is 5.91 Å². The van der Waals surface area contributed by atoms with Gasteiger partial charge in [0.1, 0.15) is 11.7 Å². The lowest BCUT2D eigenvalue weighted by Gasteiger charge is -2.38. The monoisotopic (exact) mass is 526 g/mol. The Balaban J connectivity index is 1.24. The number of rotatable bonds is 6. The van der Waals surface area contributed by atoms with Gasteiger partial charge in [0.25, 0.3) is 11.5 Å². The van der Waals surface area contributed by atoms with E-state index in [-0.39, 0.29) is 29.8 Å². The molecule has 2 fully saturated rings. The van der Waals surface area contributed by atoms with Crippen LogP contribution in [0.5, 0.6) is 0 Å². The second-order valence-corrected chi connectivity index (χ2v) is 10.5. The molecule has 0 atom stereocenters. The van der Waals surface area contributed by atoms with E-state index in [4.69, 9.17) is 0 Å². The molecule has 2 amide bonds. The normalized spacial score (nSPS) is 16.8. The van der Waals surface area contributed by atoms with Gasteiger partial charge in [-0.25, -0.2) is 9.67 Å². The first kappa shape index (κ1) is 25.0. The quantitative estimate of drug-likeness (QED) is 0.398. The molecule has 0 unspecified atom stereocenters. The zero-order chi connectivity index (χ0) is 27.1. The molecule has 2 aromatic carbocycles. The van der Waals surface area contributed by atoms with Crippen molar-refractivity contribution in [1.82, 2.24) is 29.5 Å². The highest BCUT2D eigenvalue weighted by molar-refractivity contribution is 5.95. The summed E-state index contributed by atoms with van der Waals surface area (Å²) in [7, 11) is 1.60. The number of nitrogens with one attached hydrogen (secondary N) is 1. The molecule has 0 radical (unpaired) electrons. The van der Waals surface area contributed by atoms with Crippen molar-refractivity contribution in [2.45, 2.75) is 37.8 Å². The number of nitrogens with zero attached hydrogens (tertiary/aromatic N) is 5. The summed E-state index contributed by atoms with van der Waals surface area (Å²) >= 11 is 0. The Morgan fingerprint density at radius 3 is 2.51 bits per heavy atom.